The van der Waals surface area contributed by atoms with Crippen LogP contribution in [0.15, 0.2) is 83.4 Å². The molecule has 0 aliphatic rings. The van der Waals surface area contributed by atoms with E-state index >= 15 is 0 Å². The summed E-state index contributed by atoms with van der Waals surface area (Å²) in [7, 11) is 0. The Morgan fingerprint density at radius 2 is 1.53 bits per heavy atom. The summed E-state index contributed by atoms with van der Waals surface area (Å²) in [6, 6.07) is 8.41. The molecule has 0 spiro atoms. The lowest BCUT2D eigenvalue weighted by Gasteiger charge is -2.16. The Labute approximate surface area is 206 Å². The molecule has 0 amide bonds. The van der Waals surface area contributed by atoms with E-state index in [0.29, 0.717) is 13.2 Å². The fraction of sp³-hybridized carbons (Fsp3) is 0.448. The van der Waals surface area contributed by atoms with Crippen molar-refractivity contribution in [1.82, 2.24) is 0 Å². The second kappa shape index (κ2) is 19.7. The van der Waals surface area contributed by atoms with Crippen LogP contribution in [0.3, 0.4) is 0 Å². The molecule has 0 fully saturated rings. The lowest BCUT2D eigenvalue weighted by atomic mass is 10.0. The lowest BCUT2D eigenvalue weighted by Crippen LogP contribution is -2.01. The average molecular weight is 506 g/mol. The summed E-state index contributed by atoms with van der Waals surface area (Å²) in [4.78, 5) is 0. The molecule has 0 aliphatic heterocycles. The first-order chi connectivity index (χ1) is 15.3. The Bertz CT molecular complexity index is 778. The zero-order valence-electron chi connectivity index (χ0n) is 21.9. The van der Waals surface area contributed by atoms with Gasteiger partial charge >= 0.3 is 0 Å². The fourth-order valence-corrected chi connectivity index (χ4v) is 2.83. The maximum atomic E-state index is 6.13. The van der Waals surface area contributed by atoms with Gasteiger partial charge in [0.25, 0.3) is 0 Å². The predicted molar refractivity (Wildman–Crippen MR) is 147 cm³/mol. The van der Waals surface area contributed by atoms with Gasteiger partial charge in [0, 0.05) is 17.3 Å². The van der Waals surface area contributed by atoms with Gasteiger partial charge in [-0.3, -0.25) is 0 Å². The number of alkyl halides is 1. The maximum Gasteiger partial charge on any atom is 0.127 e. The zero-order chi connectivity index (χ0) is 25.1. The van der Waals surface area contributed by atoms with Crippen LogP contribution in [0.25, 0.3) is 0 Å². The maximum absolute atomic E-state index is 6.13. The molecule has 1 aromatic rings. The van der Waals surface area contributed by atoms with Crippen LogP contribution in [0.5, 0.6) is 0 Å². The van der Waals surface area contributed by atoms with Crippen LogP contribution in [0.2, 0.25) is 0 Å². The zero-order valence-corrected chi connectivity index (χ0v) is 23.5. The predicted octanol–water partition coefficient (Wildman–Crippen LogP) is 9.83. The summed E-state index contributed by atoms with van der Waals surface area (Å²) < 4.78 is 12.0. The number of halogens is 1. The molecule has 180 valence electrons. The van der Waals surface area contributed by atoms with Crippen LogP contribution in [-0.2, 0) is 21.4 Å². The summed E-state index contributed by atoms with van der Waals surface area (Å²) in [5.74, 6) is 1.72. The quantitative estimate of drug-likeness (QED) is 0.169. The minimum absolute atomic E-state index is 0.544. The molecule has 0 saturated heterocycles. The van der Waals surface area contributed by atoms with Gasteiger partial charge in [-0.05, 0) is 56.5 Å². The van der Waals surface area contributed by atoms with Crippen LogP contribution < -0.4 is 0 Å². The number of ether oxygens (including phenoxy) is 2. The molecule has 0 unspecified atom stereocenters. The molecule has 0 bridgehead atoms. The number of allylic oxidation sites excluding steroid dienone is 6. The SMILES string of the molecule is C=C(C)C(=C)/C=C(/OCC)C(/C=C(\CC)OCc1cccc(CBr)c1)=C(C)C.CC.CC. The Morgan fingerprint density at radius 3 is 2.00 bits per heavy atom. The van der Waals surface area contributed by atoms with Crippen LogP contribution in [0, 0.1) is 0 Å². The van der Waals surface area contributed by atoms with Crippen molar-refractivity contribution in [3.63, 3.8) is 0 Å². The molecule has 0 atom stereocenters. The van der Waals surface area contributed by atoms with E-state index in [2.05, 4.69) is 80.2 Å². The van der Waals surface area contributed by atoms with E-state index < -0.39 is 0 Å². The summed E-state index contributed by atoms with van der Waals surface area (Å²) in [6.07, 6.45) is 4.84. The van der Waals surface area contributed by atoms with E-state index in [9.17, 15) is 0 Å². The van der Waals surface area contributed by atoms with Crippen molar-refractivity contribution < 1.29 is 9.47 Å². The molecule has 0 heterocycles. The molecule has 3 heteroatoms. The Morgan fingerprint density at radius 1 is 0.938 bits per heavy atom. The van der Waals surface area contributed by atoms with Crippen molar-refractivity contribution in [2.45, 2.75) is 80.7 Å². The van der Waals surface area contributed by atoms with E-state index in [-0.39, 0.29) is 0 Å². The molecule has 1 rings (SSSR count). The fourth-order valence-electron chi connectivity index (χ4n) is 2.48. The van der Waals surface area contributed by atoms with Gasteiger partial charge < -0.3 is 9.47 Å². The molecular weight excluding hydrogens is 460 g/mol. The summed E-state index contributed by atoms with van der Waals surface area (Å²) in [5.41, 5.74) is 6.37. The molecule has 0 N–H and O–H groups in total. The Hall–Kier alpha value is -2.00. The second-order valence-electron chi connectivity index (χ2n) is 6.87. The van der Waals surface area contributed by atoms with Gasteiger partial charge in [0.2, 0.25) is 0 Å². The molecule has 0 aliphatic carbocycles. The van der Waals surface area contributed by atoms with Crippen LogP contribution in [-0.4, -0.2) is 6.61 Å². The van der Waals surface area contributed by atoms with Gasteiger partial charge in [-0.15, -0.1) is 0 Å². The van der Waals surface area contributed by atoms with E-state index in [0.717, 1.165) is 51.1 Å². The van der Waals surface area contributed by atoms with Gasteiger partial charge in [0.1, 0.15) is 12.4 Å². The van der Waals surface area contributed by atoms with E-state index in [1.54, 1.807) is 0 Å². The number of benzene rings is 1. The number of rotatable bonds is 11. The van der Waals surface area contributed by atoms with Gasteiger partial charge in [-0.25, -0.2) is 0 Å². The molecule has 0 radical (unpaired) electrons. The van der Waals surface area contributed by atoms with Crippen molar-refractivity contribution in [3.8, 4) is 0 Å². The van der Waals surface area contributed by atoms with Crippen LogP contribution in [0.4, 0.5) is 0 Å². The number of hydrogen-bond donors (Lipinski definition) is 0. The van der Waals surface area contributed by atoms with Gasteiger partial charge in [0.05, 0.1) is 12.4 Å². The van der Waals surface area contributed by atoms with Crippen molar-refractivity contribution in [3.05, 3.63) is 94.5 Å². The first-order valence-electron chi connectivity index (χ1n) is 11.7. The normalized spacial score (nSPS) is 10.7. The largest absolute Gasteiger partial charge is 0.493 e. The van der Waals surface area contributed by atoms with Gasteiger partial charge in [-0.1, -0.05) is 99.1 Å². The van der Waals surface area contributed by atoms with Crippen molar-refractivity contribution in [1.29, 1.82) is 0 Å². The first-order valence-corrected chi connectivity index (χ1v) is 12.8. The minimum Gasteiger partial charge on any atom is -0.493 e. The molecule has 0 aromatic heterocycles. The average Bonchev–Trinajstić information content (AvgIpc) is 2.81. The highest BCUT2D eigenvalue weighted by molar-refractivity contribution is 9.08. The van der Waals surface area contributed by atoms with Crippen molar-refractivity contribution in [2.24, 2.45) is 0 Å². The third-order valence-corrected chi connectivity index (χ3v) is 4.83. The molecule has 2 nitrogen and oxygen atoms in total. The van der Waals surface area contributed by atoms with Crippen LogP contribution in [0.1, 0.15) is 79.9 Å². The third kappa shape index (κ3) is 12.8. The van der Waals surface area contributed by atoms with Gasteiger partial charge in [0.15, 0.2) is 0 Å². The van der Waals surface area contributed by atoms with E-state index in [4.69, 9.17) is 9.47 Å². The standard InChI is InChI=1S/C25H33BrO2.2C2H6/c1-8-23(28-17-22-12-10-11-21(14-22)16-26)15-24(19(5)6)25(27-9-2)13-20(7)18(3)4;2*1-2/h10-15H,3,7-9,16-17H2,1-2,4-6H3;2*1-2H3/b23-15+,25-13+;;. The molecular formula is C29H45BrO2. The van der Waals surface area contributed by atoms with E-state index in [1.807, 2.05) is 47.6 Å². The molecule has 0 saturated carbocycles. The molecule has 1 aromatic carbocycles. The van der Waals surface area contributed by atoms with Crippen LogP contribution >= 0.6 is 15.9 Å². The highest BCUT2D eigenvalue weighted by Gasteiger charge is 2.10. The summed E-state index contributed by atoms with van der Waals surface area (Å²) >= 11 is 3.50. The first kappa shape index (κ1) is 32.2. The van der Waals surface area contributed by atoms with E-state index in [1.165, 1.54) is 5.56 Å². The number of hydrogen-bond acceptors (Lipinski definition) is 2. The Balaban J connectivity index is 0. The second-order valence-corrected chi connectivity index (χ2v) is 7.43. The Kier molecular flexibility index (Phi) is 19.8. The van der Waals surface area contributed by atoms with Crippen molar-refractivity contribution >= 4 is 15.9 Å². The van der Waals surface area contributed by atoms with Gasteiger partial charge in [-0.2, -0.15) is 0 Å². The highest BCUT2D eigenvalue weighted by Crippen LogP contribution is 2.24. The van der Waals surface area contributed by atoms with Crippen molar-refractivity contribution in [2.75, 3.05) is 6.61 Å². The monoisotopic (exact) mass is 504 g/mol. The smallest absolute Gasteiger partial charge is 0.127 e. The third-order valence-electron chi connectivity index (χ3n) is 4.18. The summed E-state index contributed by atoms with van der Waals surface area (Å²) in [6.45, 7) is 27.4. The highest BCUT2D eigenvalue weighted by atomic mass is 79.9. The topological polar surface area (TPSA) is 18.5 Å². The summed E-state index contributed by atoms with van der Waals surface area (Å²) in [5, 5.41) is 0.842. The minimum atomic E-state index is 0.544. The lowest BCUT2D eigenvalue weighted by molar-refractivity contribution is 0.190. The molecule has 32 heavy (non-hydrogen) atoms.